The highest BCUT2D eigenvalue weighted by Crippen LogP contribution is 2.14. The van der Waals surface area contributed by atoms with Crippen molar-refractivity contribution in [2.24, 2.45) is 0 Å². The molecule has 0 fully saturated rings. The number of nitrogens with one attached hydrogen (secondary N) is 1. The molecule has 0 amide bonds. The third-order valence-electron chi connectivity index (χ3n) is 0. The second-order valence-electron chi connectivity index (χ2n) is 0.498. The largest absolute Gasteiger partial charge is 0.326 e. The number of hydrogen-bond acceptors (Lipinski definition) is 0. The van der Waals surface area contributed by atoms with Crippen molar-refractivity contribution >= 4 is 23.2 Å². The maximum atomic E-state index is 10.9. The standard InChI is InChI=1S/CHCl2FN/c2-1(3,4)5/h5H. The summed E-state index contributed by atoms with van der Waals surface area (Å²) < 4.78 is 8.08. The second-order valence-corrected chi connectivity index (χ2v) is 1.73. The van der Waals surface area contributed by atoms with Crippen LogP contribution < -0.4 is 5.73 Å². The van der Waals surface area contributed by atoms with E-state index in [0.717, 1.165) is 0 Å². The predicted octanol–water partition coefficient (Wildman–Crippen LogP) is 1.33. The SMILES string of the molecule is [NH]C(F)(Cl)Cl. The minimum Gasteiger partial charge on any atom is -0.192 e. The van der Waals surface area contributed by atoms with Crippen LogP contribution in [-0.4, -0.2) is 4.71 Å². The van der Waals surface area contributed by atoms with E-state index in [9.17, 15) is 4.39 Å². The van der Waals surface area contributed by atoms with E-state index < -0.39 is 4.71 Å². The quantitative estimate of drug-likeness (QED) is 0.337. The van der Waals surface area contributed by atoms with E-state index in [0.29, 0.717) is 0 Å². The average molecular weight is 117 g/mol. The highest BCUT2D eigenvalue weighted by molar-refractivity contribution is 6.46. The zero-order valence-electron chi connectivity index (χ0n) is 2.13. The van der Waals surface area contributed by atoms with Crippen LogP contribution in [0.4, 0.5) is 4.39 Å². The first-order valence-corrected chi connectivity index (χ1v) is 1.57. The zero-order valence-corrected chi connectivity index (χ0v) is 3.65. The Morgan fingerprint density at radius 1 is 1.60 bits per heavy atom. The molecule has 0 saturated carbocycles. The highest BCUT2D eigenvalue weighted by Gasteiger charge is 2.12. The maximum absolute atomic E-state index is 10.9. The van der Waals surface area contributed by atoms with Gasteiger partial charge >= 0.3 is 4.71 Å². The van der Waals surface area contributed by atoms with Gasteiger partial charge in [-0.25, -0.2) is 0 Å². The molecular weight excluding hydrogens is 116 g/mol. The lowest BCUT2D eigenvalue weighted by molar-refractivity contribution is 0.394. The van der Waals surface area contributed by atoms with Crippen molar-refractivity contribution < 1.29 is 4.39 Å². The first-order chi connectivity index (χ1) is 2.00. The summed E-state index contributed by atoms with van der Waals surface area (Å²) in [6.45, 7) is 0. The monoisotopic (exact) mass is 116 g/mol. The molecule has 31 valence electrons. The fraction of sp³-hybridized carbons (Fsp3) is 1.00. The fourth-order valence-corrected chi connectivity index (χ4v) is 0. The Balaban J connectivity index is 3.02. The molecule has 0 saturated heterocycles. The smallest absolute Gasteiger partial charge is 0.192 e. The molecule has 0 heterocycles. The van der Waals surface area contributed by atoms with Crippen LogP contribution in [0.1, 0.15) is 0 Å². The van der Waals surface area contributed by atoms with Crippen LogP contribution in [0.3, 0.4) is 0 Å². The second kappa shape index (κ2) is 1.29. The van der Waals surface area contributed by atoms with Gasteiger partial charge < -0.3 is 0 Å². The molecule has 0 atom stereocenters. The summed E-state index contributed by atoms with van der Waals surface area (Å²) in [6.07, 6.45) is 0. The topological polar surface area (TPSA) is 23.8 Å². The van der Waals surface area contributed by atoms with Crippen LogP contribution in [0.25, 0.3) is 0 Å². The van der Waals surface area contributed by atoms with Crippen LogP contribution in [0, 0.1) is 0 Å². The molecule has 4 heteroatoms. The molecule has 0 spiro atoms. The van der Waals surface area contributed by atoms with Crippen molar-refractivity contribution in [3.05, 3.63) is 0 Å². The molecule has 0 aromatic rings. The Kier molecular flexibility index (Phi) is 1.41. The maximum Gasteiger partial charge on any atom is 0.326 e. The summed E-state index contributed by atoms with van der Waals surface area (Å²) >= 11 is 8.59. The molecule has 0 aromatic carbocycles. The third-order valence-corrected chi connectivity index (χ3v) is 0. The lowest BCUT2D eigenvalue weighted by atomic mass is 11.4. The van der Waals surface area contributed by atoms with Crippen LogP contribution in [0.15, 0.2) is 0 Å². The van der Waals surface area contributed by atoms with Crippen molar-refractivity contribution in [1.29, 1.82) is 0 Å². The van der Waals surface area contributed by atoms with Gasteiger partial charge in [-0.05, 0) is 23.2 Å². The van der Waals surface area contributed by atoms with Crippen molar-refractivity contribution in [2.75, 3.05) is 0 Å². The molecule has 0 aromatic heterocycles. The zero-order chi connectivity index (χ0) is 4.50. The number of alkyl halides is 3. The van der Waals surface area contributed by atoms with Gasteiger partial charge in [-0.15, -0.1) is 0 Å². The predicted molar refractivity (Wildman–Crippen MR) is 18.6 cm³/mol. The molecule has 0 unspecified atom stereocenters. The van der Waals surface area contributed by atoms with E-state index in [1.807, 2.05) is 0 Å². The average Bonchev–Trinajstić information content (AvgIpc) is 0.722. The molecule has 0 aliphatic rings. The lowest BCUT2D eigenvalue weighted by Crippen LogP contribution is -2.01. The van der Waals surface area contributed by atoms with E-state index >= 15 is 0 Å². The minimum atomic E-state index is -2.81. The molecule has 0 rings (SSSR count). The Labute approximate surface area is 38.9 Å². The van der Waals surface area contributed by atoms with Gasteiger partial charge in [0.1, 0.15) is 0 Å². The van der Waals surface area contributed by atoms with E-state index in [2.05, 4.69) is 23.2 Å². The van der Waals surface area contributed by atoms with Gasteiger partial charge in [-0.2, -0.15) is 10.1 Å². The van der Waals surface area contributed by atoms with Gasteiger partial charge in [-0.3, -0.25) is 0 Å². The molecule has 0 bridgehead atoms. The molecule has 1 N–H and O–H groups in total. The van der Waals surface area contributed by atoms with E-state index in [1.165, 1.54) is 0 Å². The number of hydrogen-bond donors (Lipinski definition) is 0. The summed E-state index contributed by atoms with van der Waals surface area (Å²) in [4.78, 5) is 0. The first kappa shape index (κ1) is 5.47. The molecular formula is CHCl2FN. The molecule has 1 nitrogen and oxygen atoms in total. The fourth-order valence-electron chi connectivity index (χ4n) is 0. The first-order valence-electron chi connectivity index (χ1n) is 0.817. The summed E-state index contributed by atoms with van der Waals surface area (Å²) in [5.41, 5.74) is 5.80. The van der Waals surface area contributed by atoms with Crippen molar-refractivity contribution in [3.63, 3.8) is 0 Å². The summed E-state index contributed by atoms with van der Waals surface area (Å²) in [5.74, 6) is 0. The van der Waals surface area contributed by atoms with Crippen LogP contribution in [0.2, 0.25) is 0 Å². The van der Waals surface area contributed by atoms with E-state index in [1.54, 1.807) is 0 Å². The molecule has 0 aliphatic heterocycles. The normalized spacial score (nSPS) is 12.0. The third kappa shape index (κ3) is 123. The molecule has 5 heavy (non-hydrogen) atoms. The highest BCUT2D eigenvalue weighted by atomic mass is 35.5. The van der Waals surface area contributed by atoms with Crippen LogP contribution in [-0.2, 0) is 0 Å². The van der Waals surface area contributed by atoms with Gasteiger partial charge in [0, 0.05) is 0 Å². The number of rotatable bonds is 0. The van der Waals surface area contributed by atoms with Gasteiger partial charge in [0.05, 0.1) is 0 Å². The summed E-state index contributed by atoms with van der Waals surface area (Å²) in [5, 5.41) is 0. The Hall–Kier alpha value is 0.470. The molecule has 1 radical (unpaired) electrons. The van der Waals surface area contributed by atoms with Gasteiger partial charge in [0.15, 0.2) is 0 Å². The minimum absolute atomic E-state index is 2.81. The van der Waals surface area contributed by atoms with Gasteiger partial charge in [0.2, 0.25) is 0 Å². The van der Waals surface area contributed by atoms with Gasteiger partial charge in [0.25, 0.3) is 0 Å². The van der Waals surface area contributed by atoms with Crippen molar-refractivity contribution in [2.45, 2.75) is 4.71 Å². The molecule has 0 aliphatic carbocycles. The van der Waals surface area contributed by atoms with E-state index in [-0.39, 0.29) is 0 Å². The lowest BCUT2D eigenvalue weighted by Gasteiger charge is -1.91. The summed E-state index contributed by atoms with van der Waals surface area (Å²) in [7, 11) is 0. The van der Waals surface area contributed by atoms with Crippen LogP contribution >= 0.6 is 23.2 Å². The Morgan fingerprint density at radius 2 is 1.60 bits per heavy atom. The Morgan fingerprint density at radius 3 is 1.60 bits per heavy atom. The van der Waals surface area contributed by atoms with Crippen molar-refractivity contribution in [3.8, 4) is 0 Å². The number of halogens is 3. The van der Waals surface area contributed by atoms with Crippen molar-refractivity contribution in [1.82, 2.24) is 5.73 Å². The summed E-state index contributed by atoms with van der Waals surface area (Å²) in [6, 6.07) is 0. The Bertz CT molecular complexity index is 25.1. The van der Waals surface area contributed by atoms with Gasteiger partial charge in [-0.1, -0.05) is 0 Å². The van der Waals surface area contributed by atoms with E-state index in [4.69, 9.17) is 5.73 Å². The van der Waals surface area contributed by atoms with Crippen LogP contribution in [0.5, 0.6) is 0 Å².